The van der Waals surface area contributed by atoms with Crippen LogP contribution in [0.2, 0.25) is 0 Å². The molecule has 0 bridgehead atoms. The first-order valence-corrected chi connectivity index (χ1v) is 8.59. The van der Waals surface area contributed by atoms with E-state index in [0.717, 1.165) is 5.56 Å². The first-order chi connectivity index (χ1) is 10.7. The van der Waals surface area contributed by atoms with Gasteiger partial charge < -0.3 is 5.32 Å². The predicted octanol–water partition coefficient (Wildman–Crippen LogP) is 1.84. The highest BCUT2D eigenvalue weighted by Crippen LogP contribution is 2.21. The van der Waals surface area contributed by atoms with Gasteiger partial charge in [0.15, 0.2) is 0 Å². The van der Waals surface area contributed by atoms with Gasteiger partial charge >= 0.3 is 0 Å². The van der Waals surface area contributed by atoms with Crippen molar-refractivity contribution in [3.8, 4) is 0 Å². The lowest BCUT2D eigenvalue weighted by atomic mass is 10.0. The number of primary sulfonamides is 1. The van der Waals surface area contributed by atoms with Gasteiger partial charge in [-0.05, 0) is 61.7 Å². The molecule has 1 aromatic carbocycles. The van der Waals surface area contributed by atoms with Crippen LogP contribution in [-0.4, -0.2) is 19.3 Å². The van der Waals surface area contributed by atoms with Gasteiger partial charge in [-0.2, -0.15) is 0 Å². The number of carbonyl (C=O) groups excluding carboxylic acids is 1. The van der Waals surface area contributed by atoms with Crippen LogP contribution in [0.5, 0.6) is 0 Å². The van der Waals surface area contributed by atoms with Gasteiger partial charge in [0.25, 0.3) is 5.91 Å². The molecule has 6 nitrogen and oxygen atoms in total. The van der Waals surface area contributed by atoms with Crippen molar-refractivity contribution in [3.05, 3.63) is 58.9 Å². The van der Waals surface area contributed by atoms with Crippen molar-refractivity contribution in [1.82, 2.24) is 10.3 Å². The summed E-state index contributed by atoms with van der Waals surface area (Å²) in [7, 11) is -3.88. The van der Waals surface area contributed by atoms with Crippen molar-refractivity contribution in [2.75, 3.05) is 0 Å². The molecule has 2 rings (SSSR count). The second-order valence-corrected chi connectivity index (χ2v) is 6.97. The lowest BCUT2D eigenvalue weighted by Crippen LogP contribution is -2.27. The quantitative estimate of drug-likeness (QED) is 0.891. The number of nitrogens with one attached hydrogen (secondary N) is 1. The number of nitrogens with zero attached hydrogens (tertiary/aromatic N) is 1. The van der Waals surface area contributed by atoms with Gasteiger partial charge in [0, 0.05) is 18.0 Å². The minimum atomic E-state index is -3.88. The number of rotatable bonds is 4. The lowest BCUT2D eigenvalue weighted by Gasteiger charge is -2.15. The third kappa shape index (κ3) is 3.94. The molecule has 0 spiro atoms. The highest BCUT2D eigenvalue weighted by atomic mass is 32.2. The van der Waals surface area contributed by atoms with Gasteiger partial charge in [-0.1, -0.05) is 0 Å². The van der Waals surface area contributed by atoms with E-state index in [0.29, 0.717) is 11.1 Å². The molecule has 1 amide bonds. The monoisotopic (exact) mass is 333 g/mol. The van der Waals surface area contributed by atoms with Crippen LogP contribution >= 0.6 is 0 Å². The second-order valence-electron chi connectivity index (χ2n) is 5.44. The molecule has 1 aromatic heterocycles. The summed E-state index contributed by atoms with van der Waals surface area (Å²) in [6, 6.07) is 6.35. The molecular formula is C16H19N3O3S. The molecule has 2 aromatic rings. The fourth-order valence-electron chi connectivity index (χ4n) is 2.27. The van der Waals surface area contributed by atoms with Gasteiger partial charge in [0.05, 0.1) is 10.9 Å². The molecule has 0 saturated carbocycles. The summed E-state index contributed by atoms with van der Waals surface area (Å²) in [5, 5.41) is 8.06. The highest BCUT2D eigenvalue weighted by Gasteiger charge is 2.18. The minimum Gasteiger partial charge on any atom is -0.346 e. The summed E-state index contributed by atoms with van der Waals surface area (Å²) in [5.74, 6) is -0.359. The van der Waals surface area contributed by atoms with Crippen LogP contribution in [0.15, 0.2) is 41.6 Å². The maximum absolute atomic E-state index is 12.4. The van der Waals surface area contributed by atoms with Crippen molar-refractivity contribution < 1.29 is 13.2 Å². The number of nitrogens with two attached hydrogens (primary N) is 1. The number of aryl methyl sites for hydroxylation is 1. The van der Waals surface area contributed by atoms with Gasteiger partial charge in [-0.25, -0.2) is 13.6 Å². The van der Waals surface area contributed by atoms with Crippen molar-refractivity contribution >= 4 is 15.9 Å². The smallest absolute Gasteiger partial charge is 0.251 e. The Morgan fingerprint density at radius 2 is 1.83 bits per heavy atom. The van der Waals surface area contributed by atoms with Crippen LogP contribution in [-0.2, 0) is 10.0 Å². The molecular weight excluding hydrogens is 314 g/mol. The Balaban J connectivity index is 2.32. The van der Waals surface area contributed by atoms with E-state index in [2.05, 4.69) is 10.3 Å². The topological polar surface area (TPSA) is 102 Å². The minimum absolute atomic E-state index is 0.0285. The molecule has 122 valence electrons. The average molecular weight is 333 g/mol. The molecule has 0 aliphatic heterocycles. The third-order valence-electron chi connectivity index (χ3n) is 3.74. The number of aromatic nitrogens is 1. The number of benzene rings is 1. The SMILES string of the molecule is Cc1cc(C(=O)NC(C)c2ccncc2)cc(S(N)(=O)=O)c1C. The maximum Gasteiger partial charge on any atom is 0.251 e. The second kappa shape index (κ2) is 6.47. The number of hydrogen-bond donors (Lipinski definition) is 2. The maximum atomic E-state index is 12.4. The summed E-state index contributed by atoms with van der Waals surface area (Å²) in [6.45, 7) is 5.25. The lowest BCUT2D eigenvalue weighted by molar-refractivity contribution is 0.0939. The van der Waals surface area contributed by atoms with Crippen LogP contribution in [0, 0.1) is 13.8 Å². The Labute approximate surface area is 135 Å². The van der Waals surface area contributed by atoms with E-state index >= 15 is 0 Å². The molecule has 1 unspecified atom stereocenters. The first-order valence-electron chi connectivity index (χ1n) is 7.05. The Kier molecular flexibility index (Phi) is 4.82. The van der Waals surface area contributed by atoms with E-state index in [1.54, 1.807) is 44.4 Å². The average Bonchev–Trinajstić information content (AvgIpc) is 2.49. The molecule has 0 radical (unpaired) electrons. The summed E-state index contributed by atoms with van der Waals surface area (Å²) in [5.41, 5.74) is 2.41. The number of amides is 1. The van der Waals surface area contributed by atoms with E-state index in [-0.39, 0.29) is 22.4 Å². The van der Waals surface area contributed by atoms with Gasteiger partial charge in [-0.15, -0.1) is 0 Å². The van der Waals surface area contributed by atoms with Gasteiger partial charge in [0.1, 0.15) is 0 Å². The fourth-order valence-corrected chi connectivity index (χ4v) is 3.15. The molecule has 7 heteroatoms. The Morgan fingerprint density at radius 3 is 2.39 bits per heavy atom. The van der Waals surface area contributed by atoms with E-state index in [1.807, 2.05) is 6.92 Å². The third-order valence-corrected chi connectivity index (χ3v) is 4.78. The summed E-state index contributed by atoms with van der Waals surface area (Å²) in [4.78, 5) is 16.3. The predicted molar refractivity (Wildman–Crippen MR) is 87.4 cm³/mol. The Hall–Kier alpha value is -2.25. The highest BCUT2D eigenvalue weighted by molar-refractivity contribution is 7.89. The van der Waals surface area contributed by atoms with Crippen LogP contribution in [0.25, 0.3) is 0 Å². The van der Waals surface area contributed by atoms with Crippen LogP contribution in [0.3, 0.4) is 0 Å². The van der Waals surface area contributed by atoms with E-state index in [1.165, 1.54) is 6.07 Å². The number of sulfonamides is 1. The van der Waals surface area contributed by atoms with Crippen LogP contribution < -0.4 is 10.5 Å². The molecule has 23 heavy (non-hydrogen) atoms. The number of pyridine rings is 1. The Morgan fingerprint density at radius 1 is 1.22 bits per heavy atom. The van der Waals surface area contributed by atoms with Crippen LogP contribution in [0.1, 0.15) is 40.0 Å². The summed E-state index contributed by atoms with van der Waals surface area (Å²) >= 11 is 0. The summed E-state index contributed by atoms with van der Waals surface area (Å²) in [6.07, 6.45) is 3.29. The fraction of sp³-hybridized carbons (Fsp3) is 0.250. The Bertz CT molecular complexity index is 833. The zero-order chi connectivity index (χ0) is 17.2. The molecule has 0 aliphatic rings. The largest absolute Gasteiger partial charge is 0.346 e. The van der Waals surface area contributed by atoms with Crippen molar-refractivity contribution in [3.63, 3.8) is 0 Å². The van der Waals surface area contributed by atoms with Gasteiger partial charge in [0.2, 0.25) is 10.0 Å². The van der Waals surface area contributed by atoms with E-state index in [9.17, 15) is 13.2 Å². The van der Waals surface area contributed by atoms with Crippen LogP contribution in [0.4, 0.5) is 0 Å². The molecule has 0 fully saturated rings. The number of carbonyl (C=O) groups is 1. The number of hydrogen-bond acceptors (Lipinski definition) is 4. The van der Waals surface area contributed by atoms with Gasteiger partial charge in [-0.3, -0.25) is 9.78 Å². The molecule has 0 aliphatic carbocycles. The zero-order valence-corrected chi connectivity index (χ0v) is 14.0. The summed E-state index contributed by atoms with van der Waals surface area (Å²) < 4.78 is 23.3. The molecule has 0 saturated heterocycles. The molecule has 1 atom stereocenters. The van der Waals surface area contributed by atoms with Crippen molar-refractivity contribution in [1.29, 1.82) is 0 Å². The zero-order valence-electron chi connectivity index (χ0n) is 13.2. The molecule has 1 heterocycles. The first kappa shape index (κ1) is 17.1. The van der Waals surface area contributed by atoms with E-state index < -0.39 is 10.0 Å². The van der Waals surface area contributed by atoms with Crippen molar-refractivity contribution in [2.45, 2.75) is 31.7 Å². The van der Waals surface area contributed by atoms with E-state index in [4.69, 9.17) is 5.14 Å². The molecule has 3 N–H and O–H groups in total. The van der Waals surface area contributed by atoms with Crippen molar-refractivity contribution in [2.24, 2.45) is 5.14 Å². The normalized spacial score (nSPS) is 12.7. The standard InChI is InChI=1S/C16H19N3O3S/c1-10-8-14(9-15(11(10)2)23(17,21)22)16(20)19-12(3)13-4-6-18-7-5-13/h4-9,12H,1-3H3,(H,19,20)(H2,17,21,22).